The standard InChI is InChI=1S/C25H26FN3O3S/c1-19-3-2-4-20(17-19)18-25(30)29-15-13-28(14-16-29)23-9-7-22(8-10-23)27-33(31,32)24-11-5-21(26)6-12-24/h2-12,17,27H,13-16,18H2,1H3. The average Bonchev–Trinajstić information content (AvgIpc) is 2.80. The van der Waals surface area contributed by atoms with E-state index in [1.54, 1.807) is 12.1 Å². The number of nitrogens with zero attached hydrogens (tertiary/aromatic N) is 2. The molecule has 1 N–H and O–H groups in total. The number of benzene rings is 3. The summed E-state index contributed by atoms with van der Waals surface area (Å²) in [7, 11) is -3.79. The second-order valence-corrected chi connectivity index (χ2v) is 9.82. The lowest BCUT2D eigenvalue weighted by atomic mass is 10.1. The third-order valence-electron chi connectivity index (χ3n) is 5.68. The first kappa shape index (κ1) is 22.8. The lowest BCUT2D eigenvalue weighted by Crippen LogP contribution is -2.49. The van der Waals surface area contributed by atoms with Crippen LogP contribution < -0.4 is 9.62 Å². The molecule has 1 aliphatic rings. The molecular weight excluding hydrogens is 441 g/mol. The molecular formula is C25H26FN3O3S. The first-order valence-electron chi connectivity index (χ1n) is 10.8. The Morgan fingerprint density at radius 1 is 0.939 bits per heavy atom. The van der Waals surface area contributed by atoms with Crippen LogP contribution >= 0.6 is 0 Å². The number of hydrogen-bond donors (Lipinski definition) is 1. The minimum atomic E-state index is -3.79. The summed E-state index contributed by atoms with van der Waals surface area (Å²) in [5, 5.41) is 0. The van der Waals surface area contributed by atoms with Crippen molar-refractivity contribution in [3.63, 3.8) is 0 Å². The summed E-state index contributed by atoms with van der Waals surface area (Å²) < 4.78 is 40.5. The van der Waals surface area contributed by atoms with Crippen LogP contribution in [0.2, 0.25) is 0 Å². The van der Waals surface area contributed by atoms with Crippen LogP contribution in [0.25, 0.3) is 0 Å². The molecule has 0 saturated carbocycles. The smallest absolute Gasteiger partial charge is 0.261 e. The van der Waals surface area contributed by atoms with Crippen LogP contribution in [0.15, 0.2) is 77.7 Å². The zero-order valence-electron chi connectivity index (χ0n) is 18.4. The summed E-state index contributed by atoms with van der Waals surface area (Å²) >= 11 is 0. The number of hydrogen-bond acceptors (Lipinski definition) is 4. The Morgan fingerprint density at radius 2 is 1.61 bits per heavy atom. The molecule has 172 valence electrons. The summed E-state index contributed by atoms with van der Waals surface area (Å²) in [6, 6.07) is 19.8. The van der Waals surface area contributed by atoms with Crippen LogP contribution in [0, 0.1) is 12.7 Å². The van der Waals surface area contributed by atoms with Gasteiger partial charge >= 0.3 is 0 Å². The van der Waals surface area contributed by atoms with E-state index in [2.05, 4.69) is 9.62 Å². The van der Waals surface area contributed by atoms with E-state index in [0.717, 1.165) is 28.9 Å². The van der Waals surface area contributed by atoms with Gasteiger partial charge in [-0.15, -0.1) is 0 Å². The normalized spacial score (nSPS) is 14.2. The number of carbonyl (C=O) groups excluding carboxylic acids is 1. The van der Waals surface area contributed by atoms with Gasteiger partial charge in [-0.05, 0) is 61.0 Å². The molecule has 0 aromatic heterocycles. The number of nitrogens with one attached hydrogen (secondary N) is 1. The summed E-state index contributed by atoms with van der Waals surface area (Å²) in [5.74, 6) is -0.360. The highest BCUT2D eigenvalue weighted by atomic mass is 32.2. The minimum absolute atomic E-state index is 0.000529. The van der Waals surface area contributed by atoms with E-state index in [4.69, 9.17) is 0 Å². The number of halogens is 1. The molecule has 8 heteroatoms. The minimum Gasteiger partial charge on any atom is -0.368 e. The number of aryl methyl sites for hydroxylation is 1. The predicted molar refractivity (Wildman–Crippen MR) is 127 cm³/mol. The van der Waals surface area contributed by atoms with Crippen molar-refractivity contribution in [2.75, 3.05) is 35.8 Å². The molecule has 0 aliphatic carbocycles. The Morgan fingerprint density at radius 3 is 2.24 bits per heavy atom. The Labute approximate surface area is 193 Å². The Bertz CT molecular complexity index is 1220. The number of carbonyl (C=O) groups is 1. The molecule has 0 atom stereocenters. The van der Waals surface area contributed by atoms with Crippen molar-refractivity contribution in [1.29, 1.82) is 0 Å². The van der Waals surface area contributed by atoms with E-state index in [1.165, 1.54) is 12.1 Å². The molecule has 1 saturated heterocycles. The van der Waals surface area contributed by atoms with Crippen LogP contribution in [0.3, 0.4) is 0 Å². The molecule has 0 bridgehead atoms. The van der Waals surface area contributed by atoms with E-state index in [0.29, 0.717) is 38.3 Å². The van der Waals surface area contributed by atoms with Gasteiger partial charge < -0.3 is 9.80 Å². The second-order valence-electron chi connectivity index (χ2n) is 8.14. The number of piperazine rings is 1. The number of rotatable bonds is 6. The second kappa shape index (κ2) is 9.62. The summed E-state index contributed by atoms with van der Waals surface area (Å²) in [5.41, 5.74) is 3.56. The molecule has 3 aromatic rings. The maximum Gasteiger partial charge on any atom is 0.261 e. The fraction of sp³-hybridized carbons (Fsp3) is 0.240. The first-order chi connectivity index (χ1) is 15.8. The van der Waals surface area contributed by atoms with Gasteiger partial charge in [-0.1, -0.05) is 29.8 Å². The fourth-order valence-corrected chi connectivity index (χ4v) is 4.95. The molecule has 1 amide bonds. The van der Waals surface area contributed by atoms with E-state index in [-0.39, 0.29) is 10.8 Å². The van der Waals surface area contributed by atoms with Crippen LogP contribution in [-0.4, -0.2) is 45.4 Å². The van der Waals surface area contributed by atoms with Gasteiger partial charge in [0, 0.05) is 37.6 Å². The summed E-state index contributed by atoms with van der Waals surface area (Å²) in [4.78, 5) is 16.7. The zero-order valence-corrected chi connectivity index (χ0v) is 19.2. The van der Waals surface area contributed by atoms with Gasteiger partial charge in [0.15, 0.2) is 0 Å². The van der Waals surface area contributed by atoms with Gasteiger partial charge in [-0.3, -0.25) is 9.52 Å². The van der Waals surface area contributed by atoms with Crippen molar-refractivity contribution in [2.45, 2.75) is 18.2 Å². The van der Waals surface area contributed by atoms with Gasteiger partial charge in [0.05, 0.1) is 11.3 Å². The molecule has 0 spiro atoms. The SMILES string of the molecule is Cc1cccc(CC(=O)N2CCN(c3ccc(NS(=O)(=O)c4ccc(F)cc4)cc3)CC2)c1. The van der Waals surface area contributed by atoms with Gasteiger partial charge in [-0.2, -0.15) is 0 Å². The molecule has 4 rings (SSSR count). The lowest BCUT2D eigenvalue weighted by molar-refractivity contribution is -0.130. The summed E-state index contributed by atoms with van der Waals surface area (Å²) in [6.07, 6.45) is 0.407. The van der Waals surface area contributed by atoms with Crippen LogP contribution in [0.4, 0.5) is 15.8 Å². The molecule has 6 nitrogen and oxygen atoms in total. The Kier molecular flexibility index (Phi) is 6.65. The average molecular weight is 468 g/mol. The third kappa shape index (κ3) is 5.70. The fourth-order valence-electron chi connectivity index (χ4n) is 3.89. The van der Waals surface area contributed by atoms with Gasteiger partial charge in [0.2, 0.25) is 5.91 Å². The first-order valence-corrected chi connectivity index (χ1v) is 12.3. The van der Waals surface area contributed by atoms with Crippen molar-refractivity contribution in [3.05, 3.63) is 89.7 Å². The van der Waals surface area contributed by atoms with Crippen molar-refractivity contribution in [1.82, 2.24) is 4.90 Å². The Balaban J connectivity index is 1.33. The van der Waals surface area contributed by atoms with Crippen LogP contribution in [-0.2, 0) is 21.2 Å². The van der Waals surface area contributed by atoms with E-state index in [1.807, 2.05) is 48.2 Å². The van der Waals surface area contributed by atoms with Crippen molar-refractivity contribution in [2.24, 2.45) is 0 Å². The van der Waals surface area contributed by atoms with E-state index < -0.39 is 15.8 Å². The van der Waals surface area contributed by atoms with E-state index >= 15 is 0 Å². The number of anilines is 2. The number of sulfonamides is 1. The molecule has 33 heavy (non-hydrogen) atoms. The topological polar surface area (TPSA) is 69.7 Å². The lowest BCUT2D eigenvalue weighted by Gasteiger charge is -2.36. The van der Waals surface area contributed by atoms with Crippen LogP contribution in [0.1, 0.15) is 11.1 Å². The van der Waals surface area contributed by atoms with Crippen molar-refractivity contribution in [3.8, 4) is 0 Å². The molecule has 0 unspecified atom stereocenters. The summed E-state index contributed by atoms with van der Waals surface area (Å²) in [6.45, 7) is 4.72. The molecule has 1 fully saturated rings. The maximum atomic E-state index is 13.1. The monoisotopic (exact) mass is 467 g/mol. The van der Waals surface area contributed by atoms with E-state index in [9.17, 15) is 17.6 Å². The van der Waals surface area contributed by atoms with Crippen LogP contribution in [0.5, 0.6) is 0 Å². The number of amides is 1. The highest BCUT2D eigenvalue weighted by Gasteiger charge is 2.22. The quantitative estimate of drug-likeness (QED) is 0.598. The zero-order chi connectivity index (χ0) is 23.4. The molecule has 3 aromatic carbocycles. The largest absolute Gasteiger partial charge is 0.368 e. The highest BCUT2D eigenvalue weighted by Crippen LogP contribution is 2.22. The molecule has 1 aliphatic heterocycles. The van der Waals surface area contributed by atoms with Gasteiger partial charge in [-0.25, -0.2) is 12.8 Å². The van der Waals surface area contributed by atoms with Crippen molar-refractivity contribution < 1.29 is 17.6 Å². The van der Waals surface area contributed by atoms with Gasteiger partial charge in [0.1, 0.15) is 5.82 Å². The van der Waals surface area contributed by atoms with Gasteiger partial charge in [0.25, 0.3) is 10.0 Å². The molecule has 1 heterocycles. The maximum absolute atomic E-state index is 13.1. The van der Waals surface area contributed by atoms with Crippen molar-refractivity contribution >= 4 is 27.3 Å². The third-order valence-corrected chi connectivity index (χ3v) is 7.08. The Hall–Kier alpha value is -3.39. The highest BCUT2D eigenvalue weighted by molar-refractivity contribution is 7.92. The molecule has 0 radical (unpaired) electrons. The predicted octanol–water partition coefficient (Wildman–Crippen LogP) is 3.83.